The van der Waals surface area contributed by atoms with E-state index in [1.807, 2.05) is 66.9 Å². The molecule has 0 spiro atoms. The number of hydrogen-bond acceptors (Lipinski definition) is 3. The van der Waals surface area contributed by atoms with E-state index in [1.165, 1.54) is 0 Å². The molecule has 5 heteroatoms. The summed E-state index contributed by atoms with van der Waals surface area (Å²) in [6.45, 7) is 1.96. The minimum atomic E-state index is -0.0676. The summed E-state index contributed by atoms with van der Waals surface area (Å²) in [6, 6.07) is 17.4. The number of hydrogen-bond donors (Lipinski definition) is 1. The molecule has 2 aromatic carbocycles. The second-order valence-electron chi connectivity index (χ2n) is 5.53. The van der Waals surface area contributed by atoms with Crippen LogP contribution in [0.15, 0.2) is 60.0 Å². The zero-order chi connectivity index (χ0) is 16.9. The topological polar surface area (TPSA) is 42.0 Å². The zero-order valence-corrected chi connectivity index (χ0v) is 14.8. The third-order valence-corrected chi connectivity index (χ3v) is 4.85. The molecule has 3 aromatic rings. The summed E-state index contributed by atoms with van der Waals surface area (Å²) in [5.41, 5.74) is 2.89. The van der Waals surface area contributed by atoms with Crippen molar-refractivity contribution in [3.05, 3.63) is 76.3 Å². The Bertz CT molecular complexity index is 815. The van der Waals surface area contributed by atoms with Gasteiger partial charge in [-0.05, 0) is 24.6 Å². The molecule has 3 nitrogen and oxygen atoms in total. The lowest BCUT2D eigenvalue weighted by Crippen LogP contribution is -2.28. The molecule has 1 heterocycles. The molecule has 0 bridgehead atoms. The molecule has 3 rings (SSSR count). The van der Waals surface area contributed by atoms with Crippen LogP contribution in [0.4, 0.5) is 0 Å². The zero-order valence-electron chi connectivity index (χ0n) is 13.2. The number of aromatic nitrogens is 1. The maximum absolute atomic E-state index is 12.2. The van der Waals surface area contributed by atoms with Crippen molar-refractivity contribution in [1.82, 2.24) is 10.3 Å². The number of nitrogens with zero attached hydrogens (tertiary/aromatic N) is 1. The van der Waals surface area contributed by atoms with Gasteiger partial charge < -0.3 is 5.32 Å². The lowest BCUT2D eigenvalue weighted by molar-refractivity contribution is -0.121. The fourth-order valence-corrected chi connectivity index (χ4v) is 3.35. The highest BCUT2D eigenvalue weighted by atomic mass is 35.5. The molecule has 24 heavy (non-hydrogen) atoms. The predicted molar refractivity (Wildman–Crippen MR) is 99.3 cm³/mol. The van der Waals surface area contributed by atoms with Crippen LogP contribution in [0.2, 0.25) is 5.02 Å². The molecular weight excluding hydrogens is 340 g/mol. The maximum Gasteiger partial charge on any atom is 0.226 e. The highest BCUT2D eigenvalue weighted by Crippen LogP contribution is 2.23. The van der Waals surface area contributed by atoms with Crippen LogP contribution >= 0.6 is 22.9 Å². The molecule has 0 radical (unpaired) electrons. The molecule has 0 aliphatic rings. The SMILES string of the molecule is CC(NC(=O)Cc1csc(-c2ccccc2)n1)c1ccc(Cl)cc1. The average molecular weight is 357 g/mol. The highest BCUT2D eigenvalue weighted by Gasteiger charge is 2.12. The number of rotatable bonds is 5. The van der Waals surface area contributed by atoms with Crippen LogP contribution in [-0.4, -0.2) is 10.9 Å². The van der Waals surface area contributed by atoms with Crippen LogP contribution in [0.5, 0.6) is 0 Å². The van der Waals surface area contributed by atoms with Crippen LogP contribution < -0.4 is 5.32 Å². The monoisotopic (exact) mass is 356 g/mol. The van der Waals surface area contributed by atoms with Crippen LogP contribution in [0.25, 0.3) is 10.6 Å². The van der Waals surface area contributed by atoms with Gasteiger partial charge in [-0.25, -0.2) is 4.98 Å². The molecule has 0 fully saturated rings. The van der Waals surface area contributed by atoms with E-state index < -0.39 is 0 Å². The summed E-state index contributed by atoms with van der Waals surface area (Å²) >= 11 is 7.44. The molecule has 0 aliphatic heterocycles. The van der Waals surface area contributed by atoms with Crippen molar-refractivity contribution in [2.75, 3.05) is 0 Å². The van der Waals surface area contributed by atoms with Gasteiger partial charge in [0.05, 0.1) is 18.2 Å². The Labute approximate surface area is 150 Å². The third kappa shape index (κ3) is 4.22. The minimum Gasteiger partial charge on any atom is -0.349 e. The summed E-state index contributed by atoms with van der Waals surface area (Å²) < 4.78 is 0. The molecule has 1 atom stereocenters. The first-order chi connectivity index (χ1) is 11.6. The number of thiazole rings is 1. The van der Waals surface area contributed by atoms with E-state index in [1.54, 1.807) is 11.3 Å². The molecule has 1 amide bonds. The van der Waals surface area contributed by atoms with Gasteiger partial charge in [0.1, 0.15) is 5.01 Å². The highest BCUT2D eigenvalue weighted by molar-refractivity contribution is 7.13. The van der Waals surface area contributed by atoms with Crippen molar-refractivity contribution in [1.29, 1.82) is 0 Å². The molecule has 0 aliphatic carbocycles. The summed E-state index contributed by atoms with van der Waals surface area (Å²) in [6.07, 6.45) is 0.279. The van der Waals surface area contributed by atoms with Gasteiger partial charge in [0.2, 0.25) is 5.91 Å². The van der Waals surface area contributed by atoms with Crippen molar-refractivity contribution in [3.63, 3.8) is 0 Å². The second-order valence-corrected chi connectivity index (χ2v) is 6.82. The smallest absolute Gasteiger partial charge is 0.226 e. The van der Waals surface area contributed by atoms with Crippen molar-refractivity contribution in [3.8, 4) is 10.6 Å². The fraction of sp³-hybridized carbons (Fsp3) is 0.158. The predicted octanol–water partition coefficient (Wildman–Crippen LogP) is 4.88. The standard InChI is InChI=1S/C19H17ClN2OS/c1-13(14-7-9-16(20)10-8-14)21-18(23)11-17-12-24-19(22-17)15-5-3-2-4-6-15/h2-10,12-13H,11H2,1H3,(H,21,23). The van der Waals surface area contributed by atoms with Crippen LogP contribution in [0.1, 0.15) is 24.2 Å². The molecular formula is C19H17ClN2OS. The molecule has 1 N–H and O–H groups in total. The lowest BCUT2D eigenvalue weighted by atomic mass is 10.1. The first-order valence-electron chi connectivity index (χ1n) is 7.66. The lowest BCUT2D eigenvalue weighted by Gasteiger charge is -2.14. The summed E-state index contributed by atoms with van der Waals surface area (Å²) in [5, 5.41) is 6.56. The molecule has 0 saturated heterocycles. The minimum absolute atomic E-state index is 0.0395. The van der Waals surface area contributed by atoms with Crippen molar-refractivity contribution in [2.24, 2.45) is 0 Å². The van der Waals surface area contributed by atoms with Crippen LogP contribution in [0.3, 0.4) is 0 Å². The summed E-state index contributed by atoms with van der Waals surface area (Å²) in [4.78, 5) is 16.8. The van der Waals surface area contributed by atoms with Crippen molar-refractivity contribution < 1.29 is 4.79 Å². The van der Waals surface area contributed by atoms with Gasteiger partial charge >= 0.3 is 0 Å². The fourth-order valence-electron chi connectivity index (χ4n) is 2.39. The number of amides is 1. The van der Waals surface area contributed by atoms with E-state index in [9.17, 15) is 4.79 Å². The number of carbonyl (C=O) groups excluding carboxylic acids is 1. The van der Waals surface area contributed by atoms with Gasteiger partial charge in [-0.2, -0.15) is 0 Å². The van der Waals surface area contributed by atoms with Gasteiger partial charge in [-0.15, -0.1) is 11.3 Å². The van der Waals surface area contributed by atoms with E-state index >= 15 is 0 Å². The number of benzene rings is 2. The maximum atomic E-state index is 12.2. The van der Waals surface area contributed by atoms with Gasteiger partial charge in [0.25, 0.3) is 0 Å². The quantitative estimate of drug-likeness (QED) is 0.707. The number of nitrogens with one attached hydrogen (secondary N) is 1. The van der Waals surface area contributed by atoms with Gasteiger partial charge in [0, 0.05) is 16.0 Å². The van der Waals surface area contributed by atoms with Gasteiger partial charge in [0.15, 0.2) is 0 Å². The first-order valence-corrected chi connectivity index (χ1v) is 8.92. The second kappa shape index (κ2) is 7.60. The number of carbonyl (C=O) groups is 1. The Morgan fingerprint density at radius 1 is 1.17 bits per heavy atom. The molecule has 1 aromatic heterocycles. The Kier molecular flexibility index (Phi) is 5.28. The Morgan fingerprint density at radius 3 is 2.58 bits per heavy atom. The summed E-state index contributed by atoms with van der Waals surface area (Å²) in [7, 11) is 0. The first kappa shape index (κ1) is 16.7. The Hall–Kier alpha value is -2.17. The molecule has 0 saturated carbocycles. The van der Waals surface area contributed by atoms with Crippen molar-refractivity contribution in [2.45, 2.75) is 19.4 Å². The molecule has 1 unspecified atom stereocenters. The van der Waals surface area contributed by atoms with Crippen LogP contribution in [0, 0.1) is 0 Å². The largest absolute Gasteiger partial charge is 0.349 e. The third-order valence-electron chi connectivity index (χ3n) is 3.66. The van der Waals surface area contributed by atoms with E-state index in [0.29, 0.717) is 5.02 Å². The normalized spacial score (nSPS) is 11.9. The molecule has 122 valence electrons. The average Bonchev–Trinajstić information content (AvgIpc) is 3.04. The van der Waals surface area contributed by atoms with E-state index in [4.69, 9.17) is 11.6 Å². The van der Waals surface area contributed by atoms with Crippen LogP contribution in [-0.2, 0) is 11.2 Å². The van der Waals surface area contributed by atoms with E-state index in [-0.39, 0.29) is 18.4 Å². The number of halogens is 1. The van der Waals surface area contributed by atoms with Gasteiger partial charge in [-0.3, -0.25) is 4.79 Å². The summed E-state index contributed by atoms with van der Waals surface area (Å²) in [5.74, 6) is -0.0395. The van der Waals surface area contributed by atoms with Crippen molar-refractivity contribution >= 4 is 28.8 Å². The van der Waals surface area contributed by atoms with E-state index in [2.05, 4.69) is 10.3 Å². The Balaban J connectivity index is 1.61. The van der Waals surface area contributed by atoms with Gasteiger partial charge in [-0.1, -0.05) is 54.1 Å². The Morgan fingerprint density at radius 2 is 1.88 bits per heavy atom. The van der Waals surface area contributed by atoms with E-state index in [0.717, 1.165) is 21.8 Å².